The number of halogens is 1. The van der Waals surface area contributed by atoms with Crippen molar-refractivity contribution in [3.8, 4) is 28.5 Å². The highest BCUT2D eigenvalue weighted by atomic mass is 35.5. The monoisotopic (exact) mass is 489 g/mol. The van der Waals surface area contributed by atoms with Gasteiger partial charge in [-0.3, -0.25) is 9.89 Å². The van der Waals surface area contributed by atoms with E-state index < -0.39 is 6.04 Å². The molecule has 5 rings (SSSR count). The number of carbonyl (C=O) groups is 1. The quantitative estimate of drug-likeness (QED) is 0.353. The Labute approximate surface area is 207 Å². The lowest BCUT2D eigenvalue weighted by Crippen LogP contribution is -2.29. The Morgan fingerprint density at radius 3 is 2.51 bits per heavy atom. The molecule has 0 saturated carbocycles. The minimum atomic E-state index is -0.441. The van der Waals surface area contributed by atoms with Crippen molar-refractivity contribution in [1.82, 2.24) is 15.1 Å². The number of nitrogens with one attached hydrogen (secondary N) is 1. The molecule has 1 aromatic heterocycles. The van der Waals surface area contributed by atoms with Crippen LogP contribution < -0.4 is 9.47 Å². The van der Waals surface area contributed by atoms with Gasteiger partial charge in [0.15, 0.2) is 11.5 Å². The first-order valence-electron chi connectivity index (χ1n) is 11.2. The maximum atomic E-state index is 13.6. The molecular formula is C27H24ClN3O4. The van der Waals surface area contributed by atoms with Crippen LogP contribution in [-0.4, -0.2) is 39.8 Å². The largest absolute Gasteiger partial charge is 0.504 e. The zero-order valence-electron chi connectivity index (χ0n) is 19.3. The number of hydrogen-bond donors (Lipinski definition) is 2. The van der Waals surface area contributed by atoms with Crippen LogP contribution in [0.3, 0.4) is 0 Å². The summed E-state index contributed by atoms with van der Waals surface area (Å²) in [6.45, 7) is 2.64. The number of aromatic hydroxyl groups is 1. The first-order chi connectivity index (χ1) is 17.0. The minimum absolute atomic E-state index is 0.0481. The lowest BCUT2D eigenvalue weighted by Gasteiger charge is -2.27. The van der Waals surface area contributed by atoms with Gasteiger partial charge in [-0.25, -0.2) is 0 Å². The van der Waals surface area contributed by atoms with Crippen LogP contribution >= 0.6 is 11.6 Å². The molecule has 0 aliphatic carbocycles. The van der Waals surface area contributed by atoms with Crippen LogP contribution in [0.4, 0.5) is 0 Å². The van der Waals surface area contributed by atoms with Gasteiger partial charge in [-0.15, -0.1) is 0 Å². The summed E-state index contributed by atoms with van der Waals surface area (Å²) >= 11 is 6.10. The highest BCUT2D eigenvalue weighted by molar-refractivity contribution is 6.30. The highest BCUT2D eigenvalue weighted by Gasteiger charge is 2.42. The second-order valence-electron chi connectivity index (χ2n) is 8.21. The topological polar surface area (TPSA) is 87.7 Å². The maximum absolute atomic E-state index is 13.6. The molecule has 4 aromatic rings. The van der Waals surface area contributed by atoms with Crippen molar-refractivity contribution in [2.75, 3.05) is 13.7 Å². The number of ether oxygens (including phenoxy) is 2. The average molecular weight is 490 g/mol. The molecule has 1 amide bonds. The van der Waals surface area contributed by atoms with E-state index >= 15 is 0 Å². The Kier molecular flexibility index (Phi) is 6.09. The summed E-state index contributed by atoms with van der Waals surface area (Å²) in [5.41, 5.74) is 4.51. The molecule has 1 aliphatic heterocycles. The Hall–Kier alpha value is -3.97. The molecule has 0 bridgehead atoms. The van der Waals surface area contributed by atoms with Crippen LogP contribution in [0.2, 0.25) is 5.02 Å². The van der Waals surface area contributed by atoms with Gasteiger partial charge in [0.2, 0.25) is 0 Å². The third kappa shape index (κ3) is 4.19. The third-order valence-corrected chi connectivity index (χ3v) is 6.34. The molecule has 0 radical (unpaired) electrons. The molecule has 2 heterocycles. The number of carbonyl (C=O) groups excluding carboxylic acids is 1. The van der Waals surface area contributed by atoms with Gasteiger partial charge in [0, 0.05) is 22.7 Å². The number of phenols is 1. The minimum Gasteiger partial charge on any atom is -0.504 e. The van der Waals surface area contributed by atoms with Crippen molar-refractivity contribution < 1.29 is 19.4 Å². The zero-order chi connectivity index (χ0) is 24.5. The van der Waals surface area contributed by atoms with Gasteiger partial charge < -0.3 is 19.5 Å². The number of rotatable bonds is 7. The Bertz CT molecular complexity index is 1370. The second kappa shape index (κ2) is 9.35. The number of nitrogens with zero attached hydrogens (tertiary/aromatic N) is 2. The number of aromatic amines is 1. The fraction of sp³-hybridized carbons (Fsp3) is 0.185. The standard InChI is InChI=1S/C27H24ClN3O4/c1-3-35-22-14-18(8-13-21(22)32)26-23-24(17-6-9-19(28)10-7-17)29-30-25(23)27(33)31(26)15-16-4-11-20(34-2)12-5-16/h4-14,26,32H,3,15H2,1-2H3,(H,29,30). The molecule has 0 fully saturated rings. The van der Waals surface area contributed by atoms with E-state index in [0.29, 0.717) is 35.3 Å². The summed E-state index contributed by atoms with van der Waals surface area (Å²) < 4.78 is 10.9. The number of methoxy groups -OCH3 is 1. The molecule has 178 valence electrons. The van der Waals surface area contributed by atoms with E-state index in [1.807, 2.05) is 49.4 Å². The number of hydrogen-bond acceptors (Lipinski definition) is 5. The number of aromatic nitrogens is 2. The van der Waals surface area contributed by atoms with Gasteiger partial charge >= 0.3 is 0 Å². The number of phenolic OH excluding ortho intramolecular Hbond substituents is 1. The summed E-state index contributed by atoms with van der Waals surface area (Å²) in [4.78, 5) is 15.4. The van der Waals surface area contributed by atoms with E-state index in [1.54, 1.807) is 36.3 Å². The molecule has 3 aromatic carbocycles. The summed E-state index contributed by atoms with van der Waals surface area (Å²) in [5.74, 6) is 1.01. The fourth-order valence-corrected chi connectivity index (χ4v) is 4.56. The van der Waals surface area contributed by atoms with E-state index in [4.69, 9.17) is 21.1 Å². The molecule has 0 spiro atoms. The van der Waals surface area contributed by atoms with Crippen LogP contribution in [0, 0.1) is 0 Å². The number of H-pyrrole nitrogens is 1. The van der Waals surface area contributed by atoms with Crippen molar-refractivity contribution >= 4 is 17.5 Å². The number of fused-ring (bicyclic) bond motifs is 1. The van der Waals surface area contributed by atoms with E-state index in [0.717, 1.165) is 28.0 Å². The fourth-order valence-electron chi connectivity index (χ4n) is 4.43. The van der Waals surface area contributed by atoms with Crippen molar-refractivity contribution in [2.24, 2.45) is 0 Å². The Morgan fingerprint density at radius 2 is 1.83 bits per heavy atom. The molecule has 7 nitrogen and oxygen atoms in total. The first-order valence-corrected chi connectivity index (χ1v) is 11.6. The predicted molar refractivity (Wildman–Crippen MR) is 133 cm³/mol. The first kappa shape index (κ1) is 22.8. The summed E-state index contributed by atoms with van der Waals surface area (Å²) in [6, 6.07) is 19.7. The normalized spacial score (nSPS) is 14.8. The van der Waals surface area contributed by atoms with Crippen LogP contribution in [0.15, 0.2) is 66.7 Å². The van der Waals surface area contributed by atoms with Crippen LogP contribution in [0.1, 0.15) is 40.1 Å². The molecule has 1 atom stereocenters. The van der Waals surface area contributed by atoms with Crippen LogP contribution in [-0.2, 0) is 6.54 Å². The van der Waals surface area contributed by atoms with Crippen molar-refractivity contribution in [3.63, 3.8) is 0 Å². The van der Waals surface area contributed by atoms with Gasteiger partial charge in [-0.2, -0.15) is 5.10 Å². The van der Waals surface area contributed by atoms with E-state index in [-0.39, 0.29) is 11.7 Å². The smallest absolute Gasteiger partial charge is 0.273 e. The maximum Gasteiger partial charge on any atom is 0.273 e. The molecule has 0 saturated heterocycles. The van der Waals surface area contributed by atoms with Crippen molar-refractivity contribution in [2.45, 2.75) is 19.5 Å². The van der Waals surface area contributed by atoms with E-state index in [9.17, 15) is 9.90 Å². The van der Waals surface area contributed by atoms with Gasteiger partial charge in [0.1, 0.15) is 11.4 Å². The van der Waals surface area contributed by atoms with Crippen molar-refractivity contribution in [3.05, 3.63) is 94.1 Å². The average Bonchev–Trinajstić information content (AvgIpc) is 3.41. The molecular weight excluding hydrogens is 466 g/mol. The van der Waals surface area contributed by atoms with E-state index in [1.165, 1.54) is 0 Å². The lowest BCUT2D eigenvalue weighted by molar-refractivity contribution is 0.0730. The highest BCUT2D eigenvalue weighted by Crippen LogP contribution is 2.45. The summed E-state index contributed by atoms with van der Waals surface area (Å²) in [6.07, 6.45) is 0. The Balaban J connectivity index is 1.63. The molecule has 2 N–H and O–H groups in total. The van der Waals surface area contributed by atoms with Gasteiger partial charge in [-0.1, -0.05) is 41.9 Å². The van der Waals surface area contributed by atoms with Crippen LogP contribution in [0.25, 0.3) is 11.3 Å². The predicted octanol–water partition coefficient (Wildman–Crippen LogP) is 5.59. The third-order valence-electron chi connectivity index (χ3n) is 6.09. The second-order valence-corrected chi connectivity index (χ2v) is 8.65. The summed E-state index contributed by atoms with van der Waals surface area (Å²) in [5, 5.41) is 18.3. The Morgan fingerprint density at radius 1 is 1.09 bits per heavy atom. The van der Waals surface area contributed by atoms with Gasteiger partial charge in [0.05, 0.1) is 25.5 Å². The lowest BCUT2D eigenvalue weighted by atomic mass is 9.95. The molecule has 35 heavy (non-hydrogen) atoms. The molecule has 1 aliphatic rings. The zero-order valence-corrected chi connectivity index (χ0v) is 20.0. The van der Waals surface area contributed by atoms with E-state index in [2.05, 4.69) is 10.2 Å². The van der Waals surface area contributed by atoms with Crippen LogP contribution in [0.5, 0.6) is 17.2 Å². The molecule has 1 unspecified atom stereocenters. The SMILES string of the molecule is CCOc1cc(C2c3c(-c4ccc(Cl)cc4)n[nH]c3C(=O)N2Cc2ccc(OC)cc2)ccc1O. The number of amides is 1. The van der Waals surface area contributed by atoms with Gasteiger partial charge in [0.25, 0.3) is 5.91 Å². The van der Waals surface area contributed by atoms with Crippen molar-refractivity contribution in [1.29, 1.82) is 0 Å². The summed E-state index contributed by atoms with van der Waals surface area (Å²) in [7, 11) is 1.62. The van der Waals surface area contributed by atoms with Gasteiger partial charge in [-0.05, 0) is 54.4 Å². The molecule has 8 heteroatoms. The number of benzene rings is 3.